The van der Waals surface area contributed by atoms with Gasteiger partial charge in [-0.1, -0.05) is 5.16 Å². The summed E-state index contributed by atoms with van der Waals surface area (Å²) in [4.78, 5) is 31.9. The first kappa shape index (κ1) is 20.5. The number of likely N-dealkylation sites (N-methyl/N-ethyl adjacent to an activating group) is 2. The predicted octanol–water partition coefficient (Wildman–Crippen LogP) is 2.46. The highest BCUT2D eigenvalue weighted by Crippen LogP contribution is 2.31. The SMILES string of the molecule is Cc1noc(C)c1CN1CCc2c(C(=O)N(C)C(C)C(=O)N(C)C)csc2C1. The van der Waals surface area contributed by atoms with E-state index in [2.05, 4.69) is 10.1 Å². The standard InChI is InChI=1S/C20H28N4O3S/c1-12-16(14(3)27-21-12)9-24-8-7-15-17(11-28-18(15)10-24)20(26)23(6)13(2)19(25)22(4)5/h11,13H,7-10H2,1-6H3. The lowest BCUT2D eigenvalue weighted by Crippen LogP contribution is -2.45. The number of rotatable bonds is 5. The second-order valence-corrected chi connectivity index (χ2v) is 8.60. The second-order valence-electron chi connectivity index (χ2n) is 7.64. The predicted molar refractivity (Wildman–Crippen MR) is 108 cm³/mol. The molecule has 0 aliphatic carbocycles. The lowest BCUT2D eigenvalue weighted by atomic mass is 10.0. The molecule has 28 heavy (non-hydrogen) atoms. The molecule has 152 valence electrons. The molecule has 0 spiro atoms. The van der Waals surface area contributed by atoms with Crippen molar-refractivity contribution in [2.24, 2.45) is 0 Å². The van der Waals surface area contributed by atoms with Crippen LogP contribution in [0.3, 0.4) is 0 Å². The van der Waals surface area contributed by atoms with E-state index in [0.29, 0.717) is 0 Å². The third-order valence-electron chi connectivity index (χ3n) is 5.52. The van der Waals surface area contributed by atoms with Gasteiger partial charge in [-0.25, -0.2) is 0 Å². The van der Waals surface area contributed by atoms with E-state index in [4.69, 9.17) is 4.52 Å². The molecule has 1 aliphatic rings. The number of thiophene rings is 1. The third-order valence-corrected chi connectivity index (χ3v) is 6.53. The fraction of sp³-hybridized carbons (Fsp3) is 0.550. The van der Waals surface area contributed by atoms with Gasteiger partial charge in [0.25, 0.3) is 5.91 Å². The molecule has 7 nitrogen and oxygen atoms in total. The van der Waals surface area contributed by atoms with Crippen molar-refractivity contribution in [3.05, 3.63) is 38.4 Å². The molecule has 0 radical (unpaired) electrons. The van der Waals surface area contributed by atoms with E-state index < -0.39 is 6.04 Å². The second kappa shape index (κ2) is 8.05. The van der Waals surface area contributed by atoms with Gasteiger partial charge < -0.3 is 14.3 Å². The van der Waals surface area contributed by atoms with Crippen LogP contribution in [0.1, 0.15) is 44.7 Å². The van der Waals surface area contributed by atoms with E-state index in [-0.39, 0.29) is 11.8 Å². The Hall–Kier alpha value is -2.19. The molecule has 0 bridgehead atoms. The van der Waals surface area contributed by atoms with Crippen molar-refractivity contribution in [2.75, 3.05) is 27.7 Å². The summed E-state index contributed by atoms with van der Waals surface area (Å²) in [5.74, 6) is 0.705. The number of amides is 2. The number of fused-ring (bicyclic) bond motifs is 1. The molecular weight excluding hydrogens is 376 g/mol. The summed E-state index contributed by atoms with van der Waals surface area (Å²) in [6.07, 6.45) is 0.827. The van der Waals surface area contributed by atoms with Gasteiger partial charge in [-0.05, 0) is 32.8 Å². The molecule has 0 aromatic carbocycles. The van der Waals surface area contributed by atoms with Crippen LogP contribution in [0.25, 0.3) is 0 Å². The number of nitrogens with zero attached hydrogens (tertiary/aromatic N) is 4. The van der Waals surface area contributed by atoms with Gasteiger partial charge in [0, 0.05) is 56.6 Å². The maximum Gasteiger partial charge on any atom is 0.255 e. The number of hydrogen-bond donors (Lipinski definition) is 0. The van der Waals surface area contributed by atoms with E-state index in [1.165, 1.54) is 9.78 Å². The maximum absolute atomic E-state index is 13.0. The van der Waals surface area contributed by atoms with Crippen LogP contribution in [-0.2, 0) is 24.3 Å². The molecule has 0 saturated carbocycles. The van der Waals surface area contributed by atoms with E-state index in [0.717, 1.165) is 54.2 Å². The van der Waals surface area contributed by atoms with Gasteiger partial charge in [0.1, 0.15) is 11.8 Å². The highest BCUT2D eigenvalue weighted by Gasteiger charge is 2.30. The smallest absolute Gasteiger partial charge is 0.255 e. The first-order chi connectivity index (χ1) is 13.2. The first-order valence-electron chi connectivity index (χ1n) is 9.42. The normalized spacial score (nSPS) is 15.2. The van der Waals surface area contributed by atoms with Crippen LogP contribution in [0, 0.1) is 13.8 Å². The van der Waals surface area contributed by atoms with Gasteiger partial charge in [0.2, 0.25) is 5.91 Å². The summed E-state index contributed by atoms with van der Waals surface area (Å²) in [5, 5.41) is 5.98. The van der Waals surface area contributed by atoms with Crippen LogP contribution in [0.5, 0.6) is 0 Å². The molecule has 1 aliphatic heterocycles. The number of aromatic nitrogens is 1. The lowest BCUT2D eigenvalue weighted by molar-refractivity contribution is -0.132. The Morgan fingerprint density at radius 3 is 2.64 bits per heavy atom. The quantitative estimate of drug-likeness (QED) is 0.766. The monoisotopic (exact) mass is 404 g/mol. The van der Waals surface area contributed by atoms with E-state index in [9.17, 15) is 9.59 Å². The number of carbonyl (C=O) groups is 2. The fourth-order valence-electron chi connectivity index (χ4n) is 3.55. The average molecular weight is 405 g/mol. The van der Waals surface area contributed by atoms with Crippen LogP contribution >= 0.6 is 11.3 Å². The van der Waals surface area contributed by atoms with Gasteiger partial charge in [0.05, 0.1) is 11.3 Å². The van der Waals surface area contributed by atoms with E-state index in [1.54, 1.807) is 44.3 Å². The zero-order valence-electron chi connectivity index (χ0n) is 17.4. The third kappa shape index (κ3) is 3.84. The van der Waals surface area contributed by atoms with Crippen LogP contribution in [-0.4, -0.2) is 65.4 Å². The van der Waals surface area contributed by atoms with Gasteiger partial charge in [-0.2, -0.15) is 0 Å². The van der Waals surface area contributed by atoms with E-state index >= 15 is 0 Å². The molecule has 8 heteroatoms. The summed E-state index contributed by atoms with van der Waals surface area (Å²) in [7, 11) is 5.11. The topological polar surface area (TPSA) is 69.9 Å². The lowest BCUT2D eigenvalue weighted by Gasteiger charge is -2.29. The molecule has 3 heterocycles. The molecule has 0 fully saturated rings. The number of aryl methyl sites for hydroxylation is 2. The Balaban J connectivity index is 1.72. The van der Waals surface area contributed by atoms with Crippen molar-refractivity contribution < 1.29 is 14.1 Å². The molecule has 0 N–H and O–H groups in total. The van der Waals surface area contributed by atoms with Gasteiger partial charge in [-0.15, -0.1) is 11.3 Å². The summed E-state index contributed by atoms with van der Waals surface area (Å²) in [6, 6.07) is -0.488. The minimum Gasteiger partial charge on any atom is -0.361 e. The Labute approximate surface area is 169 Å². The first-order valence-corrected chi connectivity index (χ1v) is 10.3. The largest absolute Gasteiger partial charge is 0.361 e. The van der Waals surface area contributed by atoms with E-state index in [1.807, 2.05) is 19.2 Å². The summed E-state index contributed by atoms with van der Waals surface area (Å²) < 4.78 is 5.27. The minimum absolute atomic E-state index is 0.0782. The van der Waals surface area contributed by atoms with Crippen LogP contribution in [0.2, 0.25) is 0 Å². The van der Waals surface area contributed by atoms with Crippen molar-refractivity contribution in [3.8, 4) is 0 Å². The van der Waals surface area contributed by atoms with Crippen molar-refractivity contribution in [2.45, 2.75) is 46.3 Å². The fourth-order valence-corrected chi connectivity index (χ4v) is 4.67. The number of carbonyl (C=O) groups excluding carboxylic acids is 2. The molecule has 3 rings (SSSR count). The molecule has 1 atom stereocenters. The van der Waals surface area contributed by atoms with Gasteiger partial charge >= 0.3 is 0 Å². The Morgan fingerprint density at radius 2 is 2.04 bits per heavy atom. The summed E-state index contributed by atoms with van der Waals surface area (Å²) in [5.41, 5.74) is 3.94. The van der Waals surface area contributed by atoms with Gasteiger partial charge in [-0.3, -0.25) is 14.5 Å². The summed E-state index contributed by atoms with van der Waals surface area (Å²) in [6.45, 7) is 8.17. The molecule has 2 amide bonds. The Kier molecular flexibility index (Phi) is 5.90. The van der Waals surface area contributed by atoms with Crippen LogP contribution in [0.15, 0.2) is 9.90 Å². The Morgan fingerprint density at radius 1 is 1.32 bits per heavy atom. The maximum atomic E-state index is 13.0. The minimum atomic E-state index is -0.488. The van der Waals surface area contributed by atoms with Crippen LogP contribution < -0.4 is 0 Å². The van der Waals surface area contributed by atoms with Gasteiger partial charge in [0.15, 0.2) is 0 Å². The van der Waals surface area contributed by atoms with Crippen molar-refractivity contribution in [1.82, 2.24) is 19.9 Å². The molecular formula is C20H28N4O3S. The number of hydrogen-bond acceptors (Lipinski definition) is 6. The zero-order valence-corrected chi connectivity index (χ0v) is 18.2. The molecule has 2 aromatic rings. The Bertz CT molecular complexity index is 867. The van der Waals surface area contributed by atoms with Crippen LogP contribution in [0.4, 0.5) is 0 Å². The average Bonchev–Trinajstić information content (AvgIpc) is 3.23. The molecule has 2 aromatic heterocycles. The van der Waals surface area contributed by atoms with Crippen molar-refractivity contribution in [3.63, 3.8) is 0 Å². The highest BCUT2D eigenvalue weighted by atomic mass is 32.1. The zero-order chi connectivity index (χ0) is 20.6. The molecule has 0 saturated heterocycles. The summed E-state index contributed by atoms with van der Waals surface area (Å²) >= 11 is 1.63. The van der Waals surface area contributed by atoms with Crippen molar-refractivity contribution >= 4 is 23.2 Å². The highest BCUT2D eigenvalue weighted by molar-refractivity contribution is 7.10. The molecule has 1 unspecified atom stereocenters. The van der Waals surface area contributed by atoms with Crippen molar-refractivity contribution in [1.29, 1.82) is 0 Å².